The third kappa shape index (κ3) is 2.47. The molecular formula is C20H20OP+. The van der Waals surface area contributed by atoms with E-state index < -0.39 is 13.1 Å². The molecule has 3 rings (SSSR count). The van der Waals surface area contributed by atoms with Crippen molar-refractivity contribution >= 4 is 23.2 Å². The monoisotopic (exact) mass is 307 g/mol. The summed E-state index contributed by atoms with van der Waals surface area (Å²) in [6.07, 6.45) is 0. The molecule has 3 aromatic rings. The summed E-state index contributed by atoms with van der Waals surface area (Å²) in [6, 6.07) is 31.2. The highest BCUT2D eigenvalue weighted by Crippen LogP contribution is 2.58. The first kappa shape index (κ1) is 15.0. The molecule has 0 fully saturated rings. The van der Waals surface area contributed by atoms with Crippen molar-refractivity contribution in [3.63, 3.8) is 0 Å². The maximum absolute atomic E-state index is 10.9. The van der Waals surface area contributed by atoms with Gasteiger partial charge in [-0.25, -0.2) is 0 Å². The minimum atomic E-state index is -2.07. The van der Waals surface area contributed by atoms with Crippen molar-refractivity contribution in [2.24, 2.45) is 0 Å². The van der Waals surface area contributed by atoms with Crippen molar-refractivity contribution in [3.05, 3.63) is 91.0 Å². The molecule has 3 aromatic carbocycles. The predicted molar refractivity (Wildman–Crippen MR) is 96.8 cm³/mol. The summed E-state index contributed by atoms with van der Waals surface area (Å²) >= 11 is 0. The number of aliphatic hydroxyl groups is 1. The Balaban J connectivity index is 2.34. The van der Waals surface area contributed by atoms with Crippen molar-refractivity contribution in [2.75, 3.05) is 0 Å². The molecule has 22 heavy (non-hydrogen) atoms. The van der Waals surface area contributed by atoms with Crippen LogP contribution in [0, 0.1) is 0 Å². The second-order valence-corrected chi connectivity index (χ2v) is 9.10. The lowest BCUT2D eigenvalue weighted by Crippen LogP contribution is -2.37. The van der Waals surface area contributed by atoms with E-state index in [0.717, 1.165) is 0 Å². The Labute approximate surface area is 132 Å². The molecule has 0 radical (unpaired) electrons. The van der Waals surface area contributed by atoms with Gasteiger partial charge in [0, 0.05) is 0 Å². The molecule has 0 saturated carbocycles. The van der Waals surface area contributed by atoms with E-state index in [1.54, 1.807) is 0 Å². The van der Waals surface area contributed by atoms with E-state index in [-0.39, 0.29) is 0 Å². The summed E-state index contributed by atoms with van der Waals surface area (Å²) < 4.78 is 0. The SMILES string of the molecule is CC(O)[P+](c1ccccc1)(c1ccccc1)c1ccccc1. The van der Waals surface area contributed by atoms with Gasteiger partial charge in [0.2, 0.25) is 0 Å². The Bertz CT molecular complexity index is 612. The molecule has 0 aliphatic carbocycles. The lowest BCUT2D eigenvalue weighted by molar-refractivity contribution is 0.278. The van der Waals surface area contributed by atoms with Crippen molar-refractivity contribution in [2.45, 2.75) is 12.8 Å². The Morgan fingerprint density at radius 2 is 0.864 bits per heavy atom. The quantitative estimate of drug-likeness (QED) is 0.733. The summed E-state index contributed by atoms with van der Waals surface area (Å²) in [7, 11) is -2.07. The van der Waals surface area contributed by atoms with Crippen molar-refractivity contribution in [1.82, 2.24) is 0 Å². The number of aliphatic hydroxyl groups excluding tert-OH is 1. The van der Waals surface area contributed by atoms with Gasteiger partial charge >= 0.3 is 0 Å². The molecule has 0 spiro atoms. The average Bonchev–Trinajstić information content (AvgIpc) is 2.58. The molecular weight excluding hydrogens is 287 g/mol. The zero-order chi connectivity index (χ0) is 15.4. The fourth-order valence-electron chi connectivity index (χ4n) is 3.08. The number of benzene rings is 3. The van der Waals surface area contributed by atoms with Crippen LogP contribution in [0.2, 0.25) is 0 Å². The Morgan fingerprint density at radius 3 is 1.09 bits per heavy atom. The van der Waals surface area contributed by atoms with E-state index in [1.807, 2.05) is 25.1 Å². The van der Waals surface area contributed by atoms with Crippen LogP contribution in [0.5, 0.6) is 0 Å². The number of hydrogen-bond acceptors (Lipinski definition) is 1. The normalized spacial score (nSPS) is 12.8. The van der Waals surface area contributed by atoms with E-state index in [1.165, 1.54) is 15.9 Å². The molecule has 1 N–H and O–H groups in total. The molecule has 0 bridgehead atoms. The van der Waals surface area contributed by atoms with Gasteiger partial charge in [-0.05, 0) is 43.3 Å². The van der Waals surface area contributed by atoms with Crippen LogP contribution in [0.1, 0.15) is 6.92 Å². The first-order chi connectivity index (χ1) is 10.8. The summed E-state index contributed by atoms with van der Waals surface area (Å²) in [6.45, 7) is 1.92. The summed E-state index contributed by atoms with van der Waals surface area (Å²) in [5.74, 6) is -0.445. The van der Waals surface area contributed by atoms with Crippen LogP contribution in [0.4, 0.5) is 0 Å². The highest BCUT2D eigenvalue weighted by Gasteiger charge is 2.49. The topological polar surface area (TPSA) is 20.2 Å². The van der Waals surface area contributed by atoms with Gasteiger partial charge in [-0.1, -0.05) is 54.6 Å². The maximum Gasteiger partial charge on any atom is 0.175 e. The van der Waals surface area contributed by atoms with Crippen molar-refractivity contribution < 1.29 is 5.11 Å². The van der Waals surface area contributed by atoms with Crippen LogP contribution in [-0.2, 0) is 0 Å². The highest BCUT2D eigenvalue weighted by molar-refractivity contribution is 7.96. The van der Waals surface area contributed by atoms with Crippen LogP contribution in [-0.4, -0.2) is 11.0 Å². The summed E-state index contributed by atoms with van der Waals surface area (Å²) in [4.78, 5) is 0. The van der Waals surface area contributed by atoms with E-state index in [0.29, 0.717) is 0 Å². The Hall–Kier alpha value is -1.95. The van der Waals surface area contributed by atoms with Gasteiger partial charge in [-0.2, -0.15) is 0 Å². The Morgan fingerprint density at radius 1 is 0.591 bits per heavy atom. The fourth-order valence-corrected chi connectivity index (χ4v) is 7.20. The van der Waals surface area contributed by atoms with Crippen LogP contribution in [0.15, 0.2) is 91.0 Å². The molecule has 0 saturated heterocycles. The molecule has 1 unspecified atom stereocenters. The highest BCUT2D eigenvalue weighted by atomic mass is 31.2. The van der Waals surface area contributed by atoms with Gasteiger partial charge in [-0.15, -0.1) is 0 Å². The third-order valence-electron chi connectivity index (χ3n) is 4.05. The van der Waals surface area contributed by atoms with Crippen molar-refractivity contribution in [3.8, 4) is 0 Å². The maximum atomic E-state index is 10.9. The standard InChI is InChI=1S/C20H20OP/c1-17(21)22(18-11-5-2-6-12-18,19-13-7-3-8-14-19)20-15-9-4-10-16-20/h2-17,21H,1H3/q+1. The summed E-state index contributed by atoms with van der Waals surface area (Å²) in [5.41, 5.74) is 0. The zero-order valence-electron chi connectivity index (χ0n) is 12.6. The molecule has 0 heterocycles. The minimum Gasteiger partial charge on any atom is -0.358 e. The van der Waals surface area contributed by atoms with E-state index in [2.05, 4.69) is 72.8 Å². The minimum absolute atomic E-state index is 0.445. The van der Waals surface area contributed by atoms with Gasteiger partial charge in [0.05, 0.1) is 0 Å². The van der Waals surface area contributed by atoms with Crippen LogP contribution < -0.4 is 15.9 Å². The fraction of sp³-hybridized carbons (Fsp3) is 0.100. The molecule has 2 heteroatoms. The molecule has 0 amide bonds. The average molecular weight is 307 g/mol. The smallest absolute Gasteiger partial charge is 0.175 e. The second-order valence-electron chi connectivity index (χ2n) is 5.36. The lowest BCUT2D eigenvalue weighted by atomic mass is 10.4. The molecule has 0 aliphatic heterocycles. The second kappa shape index (κ2) is 6.44. The van der Waals surface area contributed by atoms with Gasteiger partial charge in [0.25, 0.3) is 0 Å². The van der Waals surface area contributed by atoms with E-state index >= 15 is 0 Å². The van der Waals surface area contributed by atoms with Crippen LogP contribution in [0.3, 0.4) is 0 Å². The van der Waals surface area contributed by atoms with Gasteiger partial charge in [0.1, 0.15) is 23.2 Å². The van der Waals surface area contributed by atoms with Gasteiger partial charge in [-0.3, -0.25) is 0 Å². The van der Waals surface area contributed by atoms with Gasteiger partial charge in [0.15, 0.2) is 5.85 Å². The third-order valence-corrected chi connectivity index (χ3v) is 8.51. The molecule has 0 aliphatic rings. The molecule has 110 valence electrons. The predicted octanol–water partition coefficient (Wildman–Crippen LogP) is 3.32. The molecule has 1 atom stereocenters. The van der Waals surface area contributed by atoms with E-state index in [9.17, 15) is 5.11 Å². The molecule has 1 nitrogen and oxygen atoms in total. The Kier molecular flexibility index (Phi) is 4.38. The largest absolute Gasteiger partial charge is 0.358 e. The lowest BCUT2D eigenvalue weighted by Gasteiger charge is -2.29. The first-order valence-corrected chi connectivity index (χ1v) is 9.35. The number of hydrogen-bond donors (Lipinski definition) is 1. The first-order valence-electron chi connectivity index (χ1n) is 7.50. The van der Waals surface area contributed by atoms with Crippen molar-refractivity contribution in [1.29, 1.82) is 0 Å². The van der Waals surface area contributed by atoms with E-state index in [4.69, 9.17) is 0 Å². The zero-order valence-corrected chi connectivity index (χ0v) is 13.5. The van der Waals surface area contributed by atoms with Gasteiger partial charge < -0.3 is 5.11 Å². The van der Waals surface area contributed by atoms with Crippen LogP contribution >= 0.6 is 7.26 Å². The summed E-state index contributed by atoms with van der Waals surface area (Å²) in [5, 5.41) is 14.5. The van der Waals surface area contributed by atoms with Crippen LogP contribution in [0.25, 0.3) is 0 Å². The molecule has 0 aromatic heterocycles. The number of rotatable bonds is 4.